The van der Waals surface area contributed by atoms with Crippen LogP contribution in [0, 0.1) is 0 Å². The highest BCUT2D eigenvalue weighted by Gasteiger charge is 2.49. The molecule has 0 aromatic heterocycles. The van der Waals surface area contributed by atoms with Crippen LogP contribution < -0.4 is 19.7 Å². The molecular weight excluding hydrogens is 470 g/mol. The molecule has 8 heteroatoms. The van der Waals surface area contributed by atoms with Crippen molar-refractivity contribution in [3.05, 3.63) is 95.9 Å². The van der Waals surface area contributed by atoms with Crippen LogP contribution in [0.2, 0.25) is 0 Å². The summed E-state index contributed by atoms with van der Waals surface area (Å²) in [5, 5.41) is 3.00. The Morgan fingerprint density at radius 2 is 1.54 bits per heavy atom. The highest BCUT2D eigenvalue weighted by molar-refractivity contribution is 6.09. The molecular formula is C29H29N3O5. The zero-order valence-electron chi connectivity index (χ0n) is 21.0. The molecule has 1 N–H and O–H groups in total. The average Bonchev–Trinajstić information content (AvgIpc) is 3.38. The molecule has 2 aliphatic heterocycles. The Kier molecular flexibility index (Phi) is 6.72. The Balaban J connectivity index is 1.65. The average molecular weight is 500 g/mol. The number of urea groups is 1. The summed E-state index contributed by atoms with van der Waals surface area (Å²) in [4.78, 5) is 31.3. The summed E-state index contributed by atoms with van der Waals surface area (Å²) in [5.41, 5.74) is 2.42. The lowest BCUT2D eigenvalue weighted by molar-refractivity contribution is -0.113. The van der Waals surface area contributed by atoms with Crippen molar-refractivity contribution in [2.75, 3.05) is 31.0 Å². The third-order valence-corrected chi connectivity index (χ3v) is 6.70. The summed E-state index contributed by atoms with van der Waals surface area (Å²) >= 11 is 0. The maximum absolute atomic E-state index is 14.1. The minimum atomic E-state index is -0.706. The topological polar surface area (TPSA) is 80.3 Å². The van der Waals surface area contributed by atoms with Crippen LogP contribution in [0.1, 0.15) is 24.9 Å². The molecule has 1 saturated heterocycles. The molecule has 2 heterocycles. The smallest absolute Gasteiger partial charge is 0.332 e. The molecule has 0 aliphatic carbocycles. The van der Waals surface area contributed by atoms with E-state index in [1.54, 1.807) is 60.4 Å². The zero-order chi connectivity index (χ0) is 25.9. The third kappa shape index (κ3) is 4.46. The number of hydrogen-bond donors (Lipinski definition) is 1. The van der Waals surface area contributed by atoms with Crippen molar-refractivity contribution in [2.45, 2.75) is 25.4 Å². The first-order valence-electron chi connectivity index (χ1n) is 12.2. The molecule has 5 rings (SSSR count). The number of carbonyl (C=O) groups is 2. The van der Waals surface area contributed by atoms with Gasteiger partial charge in [0.2, 0.25) is 5.88 Å². The van der Waals surface area contributed by atoms with E-state index in [4.69, 9.17) is 14.2 Å². The van der Waals surface area contributed by atoms with Crippen LogP contribution in [-0.2, 0) is 9.53 Å². The summed E-state index contributed by atoms with van der Waals surface area (Å²) in [7, 11) is 3.19. The van der Waals surface area contributed by atoms with Gasteiger partial charge in [0, 0.05) is 11.4 Å². The van der Waals surface area contributed by atoms with Crippen molar-refractivity contribution >= 4 is 23.3 Å². The second-order valence-corrected chi connectivity index (χ2v) is 8.81. The van der Waals surface area contributed by atoms with Gasteiger partial charge in [-0.2, -0.15) is 0 Å². The first-order valence-corrected chi connectivity index (χ1v) is 12.2. The number of benzene rings is 3. The standard InChI is InChI=1S/C29H29N3O5/c1-4-21-18-37-28-25(27(33)30-20-10-14-23(35-2)15-11-20)26(19-8-6-5-7-9-19)31(29(34)32(21)28)22-12-16-24(36-3)17-13-22/h5-17,21,26H,4,18H2,1-3H3,(H,30,33)/t21-,26-/m1/s1. The van der Waals surface area contributed by atoms with Gasteiger partial charge in [-0.3, -0.25) is 14.6 Å². The number of ether oxygens (including phenoxy) is 3. The number of rotatable bonds is 7. The molecule has 3 aromatic carbocycles. The lowest BCUT2D eigenvalue weighted by Gasteiger charge is -2.41. The number of hydrogen-bond acceptors (Lipinski definition) is 5. The molecule has 0 unspecified atom stereocenters. The highest BCUT2D eigenvalue weighted by atomic mass is 16.5. The van der Waals surface area contributed by atoms with Crippen molar-refractivity contribution in [3.63, 3.8) is 0 Å². The predicted molar refractivity (Wildman–Crippen MR) is 141 cm³/mol. The van der Waals surface area contributed by atoms with Gasteiger partial charge in [-0.1, -0.05) is 37.3 Å². The Bertz CT molecular complexity index is 1310. The fraction of sp³-hybridized carbons (Fsp3) is 0.241. The Labute approximate surface area is 216 Å². The quantitative estimate of drug-likeness (QED) is 0.474. The Hall–Kier alpha value is -4.46. The number of nitrogens with zero attached hydrogens (tertiary/aromatic N) is 2. The van der Waals surface area contributed by atoms with E-state index in [1.165, 1.54) is 0 Å². The Morgan fingerprint density at radius 1 is 0.919 bits per heavy atom. The number of anilines is 2. The van der Waals surface area contributed by atoms with E-state index in [2.05, 4.69) is 5.32 Å². The van der Waals surface area contributed by atoms with Crippen LogP contribution in [0.25, 0.3) is 0 Å². The normalized spacial score (nSPS) is 18.8. The van der Waals surface area contributed by atoms with Crippen molar-refractivity contribution in [2.24, 2.45) is 0 Å². The molecule has 0 saturated carbocycles. The fourth-order valence-electron chi connectivity index (χ4n) is 4.76. The van der Waals surface area contributed by atoms with Gasteiger partial charge in [-0.05, 0) is 60.5 Å². The van der Waals surface area contributed by atoms with Gasteiger partial charge in [-0.25, -0.2) is 4.79 Å². The van der Waals surface area contributed by atoms with Gasteiger partial charge in [0.25, 0.3) is 5.91 Å². The van der Waals surface area contributed by atoms with Crippen LogP contribution in [0.5, 0.6) is 11.5 Å². The van der Waals surface area contributed by atoms with Gasteiger partial charge >= 0.3 is 6.03 Å². The minimum absolute atomic E-state index is 0.177. The van der Waals surface area contributed by atoms with Crippen molar-refractivity contribution in [1.29, 1.82) is 0 Å². The van der Waals surface area contributed by atoms with E-state index in [0.29, 0.717) is 47.4 Å². The summed E-state index contributed by atoms with van der Waals surface area (Å²) < 4.78 is 16.6. The summed E-state index contributed by atoms with van der Waals surface area (Å²) in [6.07, 6.45) is 0.690. The first kappa shape index (κ1) is 24.2. The second-order valence-electron chi connectivity index (χ2n) is 8.81. The van der Waals surface area contributed by atoms with E-state index in [0.717, 1.165) is 5.56 Å². The molecule has 1 fully saturated rings. The van der Waals surface area contributed by atoms with E-state index < -0.39 is 6.04 Å². The summed E-state index contributed by atoms with van der Waals surface area (Å²) in [6.45, 7) is 2.33. The summed E-state index contributed by atoms with van der Waals surface area (Å²) in [5.74, 6) is 1.32. The second kappa shape index (κ2) is 10.3. The predicted octanol–water partition coefficient (Wildman–Crippen LogP) is 5.35. The molecule has 3 aromatic rings. The van der Waals surface area contributed by atoms with E-state index in [9.17, 15) is 9.59 Å². The number of fused-ring (bicyclic) bond motifs is 1. The molecule has 3 amide bonds. The van der Waals surface area contributed by atoms with Gasteiger partial charge in [0.1, 0.15) is 23.7 Å². The highest BCUT2D eigenvalue weighted by Crippen LogP contribution is 2.44. The lowest BCUT2D eigenvalue weighted by atomic mass is 9.93. The number of methoxy groups -OCH3 is 2. The van der Waals surface area contributed by atoms with Crippen LogP contribution in [0.15, 0.2) is 90.3 Å². The largest absolute Gasteiger partial charge is 0.497 e. The maximum atomic E-state index is 14.1. The van der Waals surface area contributed by atoms with Crippen molar-refractivity contribution in [1.82, 2.24) is 4.90 Å². The van der Waals surface area contributed by atoms with Crippen molar-refractivity contribution in [3.8, 4) is 11.5 Å². The van der Waals surface area contributed by atoms with Crippen LogP contribution in [0.4, 0.5) is 16.2 Å². The maximum Gasteiger partial charge on any atom is 0.332 e. The van der Waals surface area contributed by atoms with Gasteiger partial charge in [0.05, 0.1) is 26.3 Å². The van der Waals surface area contributed by atoms with Crippen LogP contribution >= 0.6 is 0 Å². The van der Waals surface area contributed by atoms with E-state index in [1.807, 2.05) is 49.4 Å². The van der Waals surface area contributed by atoms with E-state index >= 15 is 0 Å². The van der Waals surface area contributed by atoms with Gasteiger partial charge in [-0.15, -0.1) is 0 Å². The molecule has 37 heavy (non-hydrogen) atoms. The molecule has 0 bridgehead atoms. The first-order chi connectivity index (χ1) is 18.0. The molecule has 0 radical (unpaired) electrons. The van der Waals surface area contributed by atoms with Gasteiger partial charge < -0.3 is 19.5 Å². The molecule has 190 valence electrons. The number of carbonyl (C=O) groups excluding carboxylic acids is 2. The SMILES string of the molecule is CC[C@@H]1COC2=C(C(=O)Nc3ccc(OC)cc3)[C@@H](c3ccccc3)N(c3ccc(OC)cc3)C(=O)N21. The van der Waals surface area contributed by atoms with Gasteiger partial charge in [0.15, 0.2) is 0 Å². The van der Waals surface area contributed by atoms with Crippen LogP contribution in [0.3, 0.4) is 0 Å². The number of nitrogens with one attached hydrogen (secondary N) is 1. The minimum Gasteiger partial charge on any atom is -0.497 e. The summed E-state index contributed by atoms with van der Waals surface area (Å²) in [6, 6.07) is 22.8. The molecule has 8 nitrogen and oxygen atoms in total. The fourth-order valence-corrected chi connectivity index (χ4v) is 4.76. The Morgan fingerprint density at radius 3 is 2.14 bits per heavy atom. The zero-order valence-corrected chi connectivity index (χ0v) is 21.0. The lowest BCUT2D eigenvalue weighted by Crippen LogP contribution is -2.52. The molecule has 0 spiro atoms. The molecule has 2 aliphatic rings. The molecule has 2 atom stereocenters. The monoisotopic (exact) mass is 499 g/mol. The third-order valence-electron chi connectivity index (χ3n) is 6.70. The van der Waals surface area contributed by atoms with Crippen LogP contribution in [-0.4, -0.2) is 43.7 Å². The van der Waals surface area contributed by atoms with E-state index in [-0.39, 0.29) is 18.0 Å². The number of amides is 3. The van der Waals surface area contributed by atoms with Crippen molar-refractivity contribution < 1.29 is 23.8 Å².